The van der Waals surface area contributed by atoms with E-state index in [1.54, 1.807) is 35.3 Å². The Labute approximate surface area is 139 Å². The first-order chi connectivity index (χ1) is 11.6. The third kappa shape index (κ3) is 3.25. The van der Waals surface area contributed by atoms with E-state index in [2.05, 4.69) is 10.4 Å². The number of halogens is 1. The molecule has 2 unspecified atom stereocenters. The number of furan rings is 1. The summed E-state index contributed by atoms with van der Waals surface area (Å²) < 4.78 is 20.2. The molecule has 0 saturated carbocycles. The molecule has 0 aliphatic carbocycles. The van der Waals surface area contributed by atoms with Crippen LogP contribution in [0.5, 0.6) is 0 Å². The molecule has 3 aromatic rings. The lowest BCUT2D eigenvalue weighted by atomic mass is 10.1. The van der Waals surface area contributed by atoms with Gasteiger partial charge in [0.05, 0.1) is 30.8 Å². The van der Waals surface area contributed by atoms with Gasteiger partial charge < -0.3 is 9.52 Å². The average Bonchev–Trinajstić information content (AvgIpc) is 3.23. The van der Waals surface area contributed by atoms with Gasteiger partial charge in [-0.2, -0.15) is 5.10 Å². The number of aliphatic hydroxyl groups excluding tert-OH is 1. The third-order valence-electron chi connectivity index (χ3n) is 4.11. The molecule has 0 radical (unpaired) electrons. The molecule has 126 valence electrons. The summed E-state index contributed by atoms with van der Waals surface area (Å²) in [5.74, 6) is 0.413. The molecule has 0 bridgehead atoms. The molecular weight excluding hydrogens is 309 g/mol. The van der Waals surface area contributed by atoms with Crippen LogP contribution in [0.25, 0.3) is 5.69 Å². The van der Waals surface area contributed by atoms with Crippen LogP contribution in [0.15, 0.2) is 53.3 Å². The monoisotopic (exact) mass is 329 g/mol. The van der Waals surface area contributed by atoms with Gasteiger partial charge in [-0.15, -0.1) is 0 Å². The number of hydrogen-bond donors (Lipinski definition) is 2. The maximum atomic E-state index is 13.1. The van der Waals surface area contributed by atoms with Gasteiger partial charge in [-0.05, 0) is 50.2 Å². The van der Waals surface area contributed by atoms with Crippen molar-refractivity contribution >= 4 is 0 Å². The van der Waals surface area contributed by atoms with Gasteiger partial charge in [0.1, 0.15) is 11.6 Å². The molecule has 0 aliphatic heterocycles. The molecule has 2 N–H and O–H groups in total. The molecule has 0 fully saturated rings. The number of benzene rings is 1. The fraction of sp³-hybridized carbons (Fsp3) is 0.278. The first-order valence-electron chi connectivity index (χ1n) is 7.81. The Morgan fingerprint density at radius 3 is 2.67 bits per heavy atom. The highest BCUT2D eigenvalue weighted by molar-refractivity contribution is 5.35. The quantitative estimate of drug-likeness (QED) is 0.728. The zero-order valence-electron chi connectivity index (χ0n) is 13.6. The third-order valence-corrected chi connectivity index (χ3v) is 4.11. The van der Waals surface area contributed by atoms with E-state index >= 15 is 0 Å². The Balaban J connectivity index is 1.81. The van der Waals surface area contributed by atoms with Crippen molar-refractivity contribution in [3.05, 3.63) is 71.7 Å². The Morgan fingerprint density at radius 1 is 1.29 bits per heavy atom. The van der Waals surface area contributed by atoms with Crippen LogP contribution in [-0.4, -0.2) is 21.5 Å². The van der Waals surface area contributed by atoms with Crippen molar-refractivity contribution in [3.63, 3.8) is 0 Å². The normalized spacial score (nSPS) is 13.8. The topological polar surface area (TPSA) is 63.2 Å². The summed E-state index contributed by atoms with van der Waals surface area (Å²) in [6.07, 6.45) is 3.37. The van der Waals surface area contributed by atoms with Crippen LogP contribution in [0.4, 0.5) is 4.39 Å². The first-order valence-corrected chi connectivity index (χ1v) is 7.81. The molecular formula is C18H20FN3O2. The van der Waals surface area contributed by atoms with Crippen LogP contribution in [-0.2, 0) is 0 Å². The summed E-state index contributed by atoms with van der Waals surface area (Å²) in [6, 6.07) is 9.50. The van der Waals surface area contributed by atoms with E-state index in [9.17, 15) is 9.50 Å². The van der Waals surface area contributed by atoms with E-state index in [0.29, 0.717) is 5.76 Å². The van der Waals surface area contributed by atoms with Gasteiger partial charge in [-0.3, -0.25) is 5.32 Å². The Hall–Kier alpha value is -2.44. The van der Waals surface area contributed by atoms with Gasteiger partial charge in [0.2, 0.25) is 0 Å². The molecule has 0 spiro atoms. The summed E-state index contributed by atoms with van der Waals surface area (Å²) in [5.41, 5.74) is 2.76. The van der Waals surface area contributed by atoms with Crippen LogP contribution >= 0.6 is 0 Å². The summed E-state index contributed by atoms with van der Waals surface area (Å²) in [5, 5.41) is 17.3. The van der Waals surface area contributed by atoms with Crippen molar-refractivity contribution in [3.8, 4) is 5.69 Å². The maximum Gasteiger partial charge on any atom is 0.123 e. The van der Waals surface area contributed by atoms with Gasteiger partial charge >= 0.3 is 0 Å². The summed E-state index contributed by atoms with van der Waals surface area (Å²) in [7, 11) is 0. The molecule has 0 aliphatic rings. The first kappa shape index (κ1) is 16.4. The van der Waals surface area contributed by atoms with Crippen molar-refractivity contribution in [2.24, 2.45) is 0 Å². The van der Waals surface area contributed by atoms with Crippen molar-refractivity contribution in [2.75, 3.05) is 6.61 Å². The van der Waals surface area contributed by atoms with Crippen molar-refractivity contribution in [1.82, 2.24) is 15.1 Å². The SMILES string of the molecule is Cc1c(C(C)NC(CO)c2ccco2)cnn1-c1ccc(F)cc1. The number of hydrogen-bond acceptors (Lipinski definition) is 4. The molecule has 0 saturated heterocycles. The van der Waals surface area contributed by atoms with Crippen molar-refractivity contribution < 1.29 is 13.9 Å². The summed E-state index contributed by atoms with van der Waals surface area (Å²) in [4.78, 5) is 0. The highest BCUT2D eigenvalue weighted by Crippen LogP contribution is 2.23. The molecule has 1 aromatic carbocycles. The van der Waals surface area contributed by atoms with Gasteiger partial charge in [0.25, 0.3) is 0 Å². The summed E-state index contributed by atoms with van der Waals surface area (Å²) >= 11 is 0. The predicted octanol–water partition coefficient (Wildman–Crippen LogP) is 3.30. The van der Waals surface area contributed by atoms with Crippen molar-refractivity contribution in [1.29, 1.82) is 0 Å². The van der Waals surface area contributed by atoms with Gasteiger partial charge in [0, 0.05) is 17.3 Å². The second kappa shape index (κ2) is 6.98. The van der Waals surface area contributed by atoms with E-state index in [1.165, 1.54) is 12.1 Å². The molecule has 6 heteroatoms. The lowest BCUT2D eigenvalue weighted by Crippen LogP contribution is -2.27. The van der Waals surface area contributed by atoms with Gasteiger partial charge in [-0.25, -0.2) is 9.07 Å². The molecule has 24 heavy (non-hydrogen) atoms. The number of aromatic nitrogens is 2. The molecule has 2 atom stereocenters. The lowest BCUT2D eigenvalue weighted by molar-refractivity contribution is 0.217. The Morgan fingerprint density at radius 2 is 2.04 bits per heavy atom. The van der Waals surface area contributed by atoms with E-state index in [4.69, 9.17) is 4.42 Å². The van der Waals surface area contributed by atoms with Crippen molar-refractivity contribution in [2.45, 2.75) is 25.9 Å². The Bertz CT molecular complexity index is 781. The number of nitrogens with zero attached hydrogens (tertiary/aromatic N) is 2. The molecule has 3 rings (SSSR count). The largest absolute Gasteiger partial charge is 0.468 e. The fourth-order valence-corrected chi connectivity index (χ4v) is 2.80. The van der Waals surface area contributed by atoms with Crippen LogP contribution < -0.4 is 5.32 Å². The highest BCUT2D eigenvalue weighted by Gasteiger charge is 2.20. The minimum absolute atomic E-state index is 0.0403. The highest BCUT2D eigenvalue weighted by atomic mass is 19.1. The van der Waals surface area contributed by atoms with E-state index in [-0.39, 0.29) is 24.5 Å². The minimum atomic E-state index is -0.288. The Kier molecular flexibility index (Phi) is 4.78. The predicted molar refractivity (Wildman–Crippen MR) is 88.3 cm³/mol. The summed E-state index contributed by atoms with van der Waals surface area (Å²) in [6.45, 7) is 3.90. The molecule has 2 aromatic heterocycles. The van der Waals surface area contributed by atoms with Gasteiger partial charge in [0.15, 0.2) is 0 Å². The van der Waals surface area contributed by atoms with Crippen LogP contribution in [0.3, 0.4) is 0 Å². The molecule has 2 heterocycles. The van der Waals surface area contributed by atoms with Crippen LogP contribution in [0.1, 0.15) is 36.0 Å². The number of rotatable bonds is 6. The molecule has 5 nitrogen and oxygen atoms in total. The second-order valence-corrected chi connectivity index (χ2v) is 5.71. The maximum absolute atomic E-state index is 13.1. The number of aliphatic hydroxyl groups is 1. The van der Waals surface area contributed by atoms with E-state index in [1.807, 2.05) is 19.9 Å². The second-order valence-electron chi connectivity index (χ2n) is 5.71. The average molecular weight is 329 g/mol. The number of nitrogens with one attached hydrogen (secondary N) is 1. The van der Waals surface area contributed by atoms with Gasteiger partial charge in [-0.1, -0.05) is 0 Å². The standard InChI is InChI=1S/C18H20FN3O2/c1-12(21-17(11-23)18-4-3-9-24-18)16-10-20-22(13(16)2)15-7-5-14(19)6-8-15/h3-10,12,17,21,23H,11H2,1-2H3. The smallest absolute Gasteiger partial charge is 0.123 e. The molecule has 0 amide bonds. The van der Waals surface area contributed by atoms with Crippen LogP contribution in [0, 0.1) is 12.7 Å². The van der Waals surface area contributed by atoms with Crippen LogP contribution in [0.2, 0.25) is 0 Å². The minimum Gasteiger partial charge on any atom is -0.468 e. The van der Waals surface area contributed by atoms with E-state index < -0.39 is 0 Å². The lowest BCUT2D eigenvalue weighted by Gasteiger charge is -2.20. The van der Waals surface area contributed by atoms with E-state index in [0.717, 1.165) is 16.9 Å². The fourth-order valence-electron chi connectivity index (χ4n) is 2.80. The zero-order chi connectivity index (χ0) is 17.1. The zero-order valence-corrected chi connectivity index (χ0v) is 13.6.